The van der Waals surface area contributed by atoms with Crippen LogP contribution in [0.3, 0.4) is 0 Å². The number of nitrogens with two attached hydrogens (primary N) is 1. The quantitative estimate of drug-likeness (QED) is 0.925. The van der Waals surface area contributed by atoms with Crippen molar-refractivity contribution in [2.75, 3.05) is 18.5 Å². The van der Waals surface area contributed by atoms with Crippen LogP contribution in [-0.4, -0.2) is 13.6 Å². The van der Waals surface area contributed by atoms with Crippen molar-refractivity contribution in [3.63, 3.8) is 0 Å². The third-order valence-electron chi connectivity index (χ3n) is 3.51. The summed E-state index contributed by atoms with van der Waals surface area (Å²) in [7, 11) is 1.92. The number of anilines is 1. The van der Waals surface area contributed by atoms with Crippen LogP contribution in [0.15, 0.2) is 42.5 Å². The van der Waals surface area contributed by atoms with Crippen molar-refractivity contribution >= 4 is 17.3 Å². The zero-order chi connectivity index (χ0) is 14.7. The van der Waals surface area contributed by atoms with Crippen LogP contribution in [0.1, 0.15) is 17.2 Å². The monoisotopic (exact) mass is 292 g/mol. The number of hydrogen-bond acceptors (Lipinski definition) is 2. The molecule has 0 heterocycles. The number of para-hydroxylation sites is 1. The lowest BCUT2D eigenvalue weighted by Crippen LogP contribution is -2.31. The largest absolute Gasteiger partial charge is 0.366 e. The summed E-state index contributed by atoms with van der Waals surface area (Å²) >= 11 is 5.80. The molecule has 0 aliphatic carbocycles. The van der Waals surface area contributed by atoms with Crippen molar-refractivity contribution in [2.24, 2.45) is 5.73 Å². The molecule has 0 amide bonds. The first-order valence-electron chi connectivity index (χ1n) is 6.48. The van der Waals surface area contributed by atoms with E-state index in [1.165, 1.54) is 6.07 Å². The summed E-state index contributed by atoms with van der Waals surface area (Å²) in [5.74, 6) is -0.326. The Morgan fingerprint density at radius 2 is 1.95 bits per heavy atom. The van der Waals surface area contributed by atoms with Gasteiger partial charge in [0.2, 0.25) is 0 Å². The van der Waals surface area contributed by atoms with E-state index in [1.54, 1.807) is 12.1 Å². The first kappa shape index (κ1) is 14.8. The van der Waals surface area contributed by atoms with Gasteiger partial charge >= 0.3 is 0 Å². The van der Waals surface area contributed by atoms with Crippen molar-refractivity contribution in [3.05, 3.63) is 64.4 Å². The van der Waals surface area contributed by atoms with Gasteiger partial charge < -0.3 is 10.6 Å². The van der Waals surface area contributed by atoms with Crippen LogP contribution in [0, 0.1) is 12.7 Å². The van der Waals surface area contributed by atoms with Crippen LogP contribution >= 0.6 is 11.6 Å². The number of aryl methyl sites for hydroxylation is 1. The van der Waals surface area contributed by atoms with Crippen LogP contribution in [0.4, 0.5) is 10.1 Å². The van der Waals surface area contributed by atoms with E-state index >= 15 is 0 Å². The summed E-state index contributed by atoms with van der Waals surface area (Å²) < 4.78 is 14.1. The topological polar surface area (TPSA) is 29.3 Å². The van der Waals surface area contributed by atoms with Crippen molar-refractivity contribution in [1.29, 1.82) is 0 Å². The van der Waals surface area contributed by atoms with Crippen LogP contribution < -0.4 is 10.6 Å². The van der Waals surface area contributed by atoms with Crippen LogP contribution in [0.5, 0.6) is 0 Å². The van der Waals surface area contributed by atoms with Gasteiger partial charge in [0.25, 0.3) is 0 Å². The van der Waals surface area contributed by atoms with Gasteiger partial charge in [-0.1, -0.05) is 35.9 Å². The van der Waals surface area contributed by atoms with E-state index < -0.39 is 0 Å². The highest BCUT2D eigenvalue weighted by molar-refractivity contribution is 6.30. The minimum Gasteiger partial charge on any atom is -0.366 e. The molecule has 0 aliphatic heterocycles. The van der Waals surface area contributed by atoms with Crippen molar-refractivity contribution in [3.8, 4) is 0 Å². The highest BCUT2D eigenvalue weighted by Gasteiger charge is 2.20. The van der Waals surface area contributed by atoms with Gasteiger partial charge in [-0.3, -0.25) is 0 Å². The average molecular weight is 293 g/mol. The fourth-order valence-electron chi connectivity index (χ4n) is 2.39. The highest BCUT2D eigenvalue weighted by Crippen LogP contribution is 2.29. The maximum atomic E-state index is 14.1. The van der Waals surface area contributed by atoms with Crippen LogP contribution in [0.2, 0.25) is 5.02 Å². The molecule has 4 heteroatoms. The molecule has 106 valence electrons. The fourth-order valence-corrected chi connectivity index (χ4v) is 2.55. The molecular formula is C16H18ClFN2. The molecule has 0 fully saturated rings. The highest BCUT2D eigenvalue weighted by atomic mass is 35.5. The third-order valence-corrected chi connectivity index (χ3v) is 3.74. The van der Waals surface area contributed by atoms with E-state index in [0.29, 0.717) is 17.1 Å². The lowest BCUT2D eigenvalue weighted by molar-refractivity contribution is 0.572. The van der Waals surface area contributed by atoms with Gasteiger partial charge in [-0.05, 0) is 30.7 Å². The molecule has 2 nitrogen and oxygen atoms in total. The lowest BCUT2D eigenvalue weighted by Gasteiger charge is -2.31. The Hall–Kier alpha value is -1.58. The van der Waals surface area contributed by atoms with Gasteiger partial charge in [-0.2, -0.15) is 0 Å². The Morgan fingerprint density at radius 3 is 2.55 bits per heavy atom. The van der Waals surface area contributed by atoms with Crippen molar-refractivity contribution < 1.29 is 4.39 Å². The molecular weight excluding hydrogens is 275 g/mol. The smallest absolute Gasteiger partial charge is 0.130 e. The molecule has 2 aromatic rings. The van der Waals surface area contributed by atoms with Crippen LogP contribution in [-0.2, 0) is 0 Å². The Labute approximate surface area is 124 Å². The minimum absolute atomic E-state index is 0.228. The molecule has 20 heavy (non-hydrogen) atoms. The molecule has 0 aliphatic rings. The second kappa shape index (κ2) is 6.25. The molecule has 1 unspecified atom stereocenters. The Kier molecular flexibility index (Phi) is 4.63. The lowest BCUT2D eigenvalue weighted by atomic mass is 10.0. The second-order valence-corrected chi connectivity index (χ2v) is 5.25. The second-order valence-electron chi connectivity index (χ2n) is 4.81. The molecule has 0 saturated heterocycles. The number of halogens is 2. The van der Waals surface area contributed by atoms with Gasteiger partial charge in [-0.15, -0.1) is 0 Å². The summed E-state index contributed by atoms with van der Waals surface area (Å²) in [6, 6.07) is 12.5. The summed E-state index contributed by atoms with van der Waals surface area (Å²) in [4.78, 5) is 2.00. The number of rotatable bonds is 4. The van der Waals surface area contributed by atoms with Crippen LogP contribution in [0.25, 0.3) is 0 Å². The zero-order valence-electron chi connectivity index (χ0n) is 11.6. The van der Waals surface area contributed by atoms with E-state index in [9.17, 15) is 4.39 Å². The SMILES string of the molecule is Cc1ccccc1N(C)C(CN)c1ccc(Cl)cc1F. The molecule has 2 N–H and O–H groups in total. The Bertz CT molecular complexity index is 601. The van der Waals surface area contributed by atoms with E-state index in [0.717, 1.165) is 11.3 Å². The van der Waals surface area contributed by atoms with Gasteiger partial charge in [0.05, 0.1) is 6.04 Å². The van der Waals surface area contributed by atoms with Gasteiger partial charge in [0.1, 0.15) is 5.82 Å². The van der Waals surface area contributed by atoms with E-state index in [1.807, 2.05) is 43.1 Å². The maximum absolute atomic E-state index is 14.1. The number of benzene rings is 2. The molecule has 2 rings (SSSR count). The predicted molar refractivity (Wildman–Crippen MR) is 82.8 cm³/mol. The number of nitrogens with zero attached hydrogens (tertiary/aromatic N) is 1. The molecule has 0 spiro atoms. The van der Waals surface area contributed by atoms with Gasteiger partial charge in [-0.25, -0.2) is 4.39 Å². The molecule has 0 radical (unpaired) electrons. The first-order chi connectivity index (χ1) is 9.54. The molecule has 0 saturated carbocycles. The summed E-state index contributed by atoms with van der Waals surface area (Å²) in [6.07, 6.45) is 0. The van der Waals surface area contributed by atoms with Gasteiger partial charge in [0.15, 0.2) is 0 Å². The van der Waals surface area contributed by atoms with E-state index in [-0.39, 0.29) is 11.9 Å². The fraction of sp³-hybridized carbons (Fsp3) is 0.250. The summed E-state index contributed by atoms with van der Waals surface area (Å²) in [5, 5.41) is 0.389. The predicted octanol–water partition coefficient (Wildman–Crippen LogP) is 3.92. The zero-order valence-corrected chi connectivity index (χ0v) is 12.4. The molecule has 2 aromatic carbocycles. The Morgan fingerprint density at radius 1 is 1.25 bits per heavy atom. The van der Waals surface area contributed by atoms with Gasteiger partial charge in [0, 0.05) is 29.9 Å². The summed E-state index contributed by atoms with van der Waals surface area (Å²) in [6.45, 7) is 2.35. The average Bonchev–Trinajstić information content (AvgIpc) is 2.42. The third kappa shape index (κ3) is 2.94. The number of likely N-dealkylation sites (N-methyl/N-ethyl adjacent to an activating group) is 1. The Balaban J connectivity index is 2.39. The molecule has 1 atom stereocenters. The molecule has 0 bridgehead atoms. The standard InChI is InChI=1S/C16H18ClFN2/c1-11-5-3-4-6-15(11)20(2)16(10-19)13-8-7-12(17)9-14(13)18/h3-9,16H,10,19H2,1-2H3. The number of hydrogen-bond donors (Lipinski definition) is 1. The first-order valence-corrected chi connectivity index (χ1v) is 6.86. The van der Waals surface area contributed by atoms with E-state index in [2.05, 4.69) is 0 Å². The summed E-state index contributed by atoms with van der Waals surface area (Å²) in [5.41, 5.74) is 8.58. The van der Waals surface area contributed by atoms with Crippen molar-refractivity contribution in [1.82, 2.24) is 0 Å². The minimum atomic E-state index is -0.326. The van der Waals surface area contributed by atoms with E-state index in [4.69, 9.17) is 17.3 Å². The normalized spacial score (nSPS) is 12.2. The molecule has 0 aromatic heterocycles. The van der Waals surface area contributed by atoms with Crippen molar-refractivity contribution in [2.45, 2.75) is 13.0 Å². The maximum Gasteiger partial charge on any atom is 0.130 e.